The molecule has 0 unspecified atom stereocenters. The summed E-state index contributed by atoms with van der Waals surface area (Å²) in [5, 5.41) is 5.35. The SMILES string of the molecule is Cc1cc(Br)ccc1NC(=O)N/C=C/c1ccc(F)cc1. The molecule has 2 rings (SSSR count). The molecule has 0 atom stereocenters. The van der Waals surface area contributed by atoms with Crippen molar-refractivity contribution < 1.29 is 9.18 Å². The second kappa shape index (κ2) is 7.04. The number of hydrogen-bond acceptors (Lipinski definition) is 1. The molecule has 0 fully saturated rings. The van der Waals surface area contributed by atoms with E-state index < -0.39 is 0 Å². The predicted octanol–water partition coefficient (Wildman–Crippen LogP) is 4.69. The Morgan fingerprint density at radius 1 is 1.19 bits per heavy atom. The Labute approximate surface area is 131 Å². The average Bonchev–Trinajstić information content (AvgIpc) is 2.44. The van der Waals surface area contributed by atoms with Crippen molar-refractivity contribution in [1.82, 2.24) is 5.32 Å². The van der Waals surface area contributed by atoms with Crippen molar-refractivity contribution in [1.29, 1.82) is 0 Å². The summed E-state index contributed by atoms with van der Waals surface area (Å²) in [5.41, 5.74) is 2.50. The topological polar surface area (TPSA) is 41.1 Å². The summed E-state index contributed by atoms with van der Waals surface area (Å²) >= 11 is 3.37. The number of carbonyl (C=O) groups excluding carboxylic acids is 1. The van der Waals surface area contributed by atoms with E-state index in [1.165, 1.54) is 18.3 Å². The molecule has 0 bridgehead atoms. The number of urea groups is 1. The fourth-order valence-corrected chi connectivity index (χ4v) is 2.19. The minimum Gasteiger partial charge on any atom is -0.314 e. The van der Waals surface area contributed by atoms with E-state index >= 15 is 0 Å². The van der Waals surface area contributed by atoms with E-state index in [1.54, 1.807) is 18.2 Å². The number of carbonyl (C=O) groups is 1. The third kappa shape index (κ3) is 4.72. The number of anilines is 1. The van der Waals surface area contributed by atoms with Gasteiger partial charge in [-0.2, -0.15) is 0 Å². The largest absolute Gasteiger partial charge is 0.323 e. The van der Waals surface area contributed by atoms with Crippen LogP contribution in [-0.4, -0.2) is 6.03 Å². The molecule has 2 aromatic rings. The van der Waals surface area contributed by atoms with Gasteiger partial charge >= 0.3 is 6.03 Å². The molecule has 0 saturated heterocycles. The second-order valence-corrected chi connectivity index (χ2v) is 5.36. The smallest absolute Gasteiger partial charge is 0.314 e. The van der Waals surface area contributed by atoms with Gasteiger partial charge in [-0.25, -0.2) is 9.18 Å². The lowest BCUT2D eigenvalue weighted by Gasteiger charge is -2.08. The van der Waals surface area contributed by atoms with Gasteiger partial charge in [-0.1, -0.05) is 28.1 Å². The van der Waals surface area contributed by atoms with Gasteiger partial charge in [0.15, 0.2) is 0 Å². The maximum atomic E-state index is 12.7. The molecule has 0 aliphatic heterocycles. The van der Waals surface area contributed by atoms with Crippen molar-refractivity contribution in [3.8, 4) is 0 Å². The minimum absolute atomic E-state index is 0.288. The molecule has 21 heavy (non-hydrogen) atoms. The van der Waals surface area contributed by atoms with Crippen LogP contribution in [0.25, 0.3) is 6.08 Å². The fraction of sp³-hybridized carbons (Fsp3) is 0.0625. The van der Waals surface area contributed by atoms with Crippen LogP contribution in [0.5, 0.6) is 0 Å². The van der Waals surface area contributed by atoms with Crippen LogP contribution in [0.4, 0.5) is 14.9 Å². The lowest BCUT2D eigenvalue weighted by atomic mass is 10.2. The molecule has 0 radical (unpaired) electrons. The molecule has 0 aliphatic rings. The summed E-state index contributed by atoms with van der Waals surface area (Å²) in [6, 6.07) is 11.3. The van der Waals surface area contributed by atoms with Crippen LogP contribution in [0.2, 0.25) is 0 Å². The lowest BCUT2D eigenvalue weighted by molar-refractivity contribution is 0.255. The van der Waals surface area contributed by atoms with Crippen LogP contribution in [-0.2, 0) is 0 Å². The Hall–Kier alpha value is -2.14. The Bertz CT molecular complexity index is 668. The van der Waals surface area contributed by atoms with Crippen LogP contribution in [0, 0.1) is 12.7 Å². The molecule has 0 aliphatic carbocycles. The first kappa shape index (κ1) is 15.3. The lowest BCUT2D eigenvalue weighted by Crippen LogP contribution is -2.24. The van der Waals surface area contributed by atoms with Gasteiger partial charge in [-0.05, 0) is 54.5 Å². The van der Waals surface area contributed by atoms with Crippen molar-refractivity contribution in [3.63, 3.8) is 0 Å². The fourth-order valence-electron chi connectivity index (χ4n) is 1.71. The molecule has 5 heteroatoms. The van der Waals surface area contributed by atoms with E-state index in [4.69, 9.17) is 0 Å². The first-order chi connectivity index (χ1) is 10.0. The van der Waals surface area contributed by atoms with E-state index in [1.807, 2.05) is 25.1 Å². The molecule has 108 valence electrons. The van der Waals surface area contributed by atoms with Crippen LogP contribution in [0.15, 0.2) is 53.1 Å². The quantitative estimate of drug-likeness (QED) is 0.829. The Kier molecular flexibility index (Phi) is 5.11. The number of amides is 2. The Morgan fingerprint density at radius 3 is 2.57 bits per heavy atom. The third-order valence-electron chi connectivity index (χ3n) is 2.80. The van der Waals surface area contributed by atoms with Crippen LogP contribution in [0.3, 0.4) is 0 Å². The van der Waals surface area contributed by atoms with E-state index in [2.05, 4.69) is 26.6 Å². The molecule has 0 spiro atoms. The zero-order valence-corrected chi connectivity index (χ0v) is 12.9. The van der Waals surface area contributed by atoms with Crippen LogP contribution < -0.4 is 10.6 Å². The second-order valence-electron chi connectivity index (χ2n) is 4.44. The minimum atomic E-state index is -0.334. The van der Waals surface area contributed by atoms with Gasteiger partial charge in [0, 0.05) is 16.4 Å². The van der Waals surface area contributed by atoms with Crippen molar-refractivity contribution in [3.05, 3.63) is 70.1 Å². The molecule has 2 aromatic carbocycles. The maximum absolute atomic E-state index is 12.7. The Morgan fingerprint density at radius 2 is 1.90 bits per heavy atom. The van der Waals surface area contributed by atoms with Gasteiger partial charge in [0.2, 0.25) is 0 Å². The summed E-state index contributed by atoms with van der Waals surface area (Å²) < 4.78 is 13.7. The number of hydrogen-bond donors (Lipinski definition) is 2. The van der Waals surface area contributed by atoms with Gasteiger partial charge in [0.25, 0.3) is 0 Å². The molecule has 0 heterocycles. The molecular formula is C16H14BrFN2O. The number of nitrogens with one attached hydrogen (secondary N) is 2. The van der Waals surface area contributed by atoms with E-state index in [0.717, 1.165) is 21.3 Å². The highest BCUT2D eigenvalue weighted by Crippen LogP contribution is 2.19. The van der Waals surface area contributed by atoms with Crippen molar-refractivity contribution in [2.24, 2.45) is 0 Å². The maximum Gasteiger partial charge on any atom is 0.323 e. The molecule has 3 nitrogen and oxygen atoms in total. The number of halogens is 2. The van der Waals surface area contributed by atoms with E-state index in [0.29, 0.717) is 0 Å². The number of rotatable bonds is 3. The van der Waals surface area contributed by atoms with Crippen molar-refractivity contribution in [2.45, 2.75) is 6.92 Å². The van der Waals surface area contributed by atoms with Crippen LogP contribution >= 0.6 is 15.9 Å². The van der Waals surface area contributed by atoms with Crippen LogP contribution in [0.1, 0.15) is 11.1 Å². The monoisotopic (exact) mass is 348 g/mol. The van der Waals surface area contributed by atoms with Crippen molar-refractivity contribution >= 4 is 33.7 Å². The zero-order valence-electron chi connectivity index (χ0n) is 11.4. The first-order valence-corrected chi connectivity index (χ1v) is 7.10. The molecule has 0 aromatic heterocycles. The molecular weight excluding hydrogens is 335 g/mol. The predicted molar refractivity (Wildman–Crippen MR) is 86.5 cm³/mol. The number of benzene rings is 2. The highest BCUT2D eigenvalue weighted by atomic mass is 79.9. The highest BCUT2D eigenvalue weighted by molar-refractivity contribution is 9.10. The Balaban J connectivity index is 1.91. The standard InChI is InChI=1S/C16H14BrFN2O/c1-11-10-13(17)4-7-15(11)20-16(21)19-9-8-12-2-5-14(18)6-3-12/h2-10H,1H3,(H2,19,20,21)/b9-8+. The normalized spacial score (nSPS) is 10.6. The van der Waals surface area contributed by atoms with Crippen molar-refractivity contribution in [2.75, 3.05) is 5.32 Å². The summed E-state index contributed by atoms with van der Waals surface area (Å²) in [4.78, 5) is 11.7. The van der Waals surface area contributed by atoms with Gasteiger partial charge < -0.3 is 10.6 Å². The zero-order chi connectivity index (χ0) is 15.2. The average molecular weight is 349 g/mol. The highest BCUT2D eigenvalue weighted by Gasteiger charge is 2.02. The first-order valence-electron chi connectivity index (χ1n) is 6.30. The molecule has 2 amide bonds. The van der Waals surface area contributed by atoms with Gasteiger partial charge in [-0.3, -0.25) is 0 Å². The summed E-state index contributed by atoms with van der Waals surface area (Å²) in [6.45, 7) is 1.91. The number of aryl methyl sites for hydroxylation is 1. The summed E-state index contributed by atoms with van der Waals surface area (Å²) in [6.07, 6.45) is 3.20. The van der Waals surface area contributed by atoms with Gasteiger partial charge in [-0.15, -0.1) is 0 Å². The van der Waals surface area contributed by atoms with Gasteiger partial charge in [0.1, 0.15) is 5.82 Å². The third-order valence-corrected chi connectivity index (χ3v) is 3.29. The summed E-state index contributed by atoms with van der Waals surface area (Å²) in [7, 11) is 0. The molecule has 2 N–H and O–H groups in total. The summed E-state index contributed by atoms with van der Waals surface area (Å²) in [5.74, 6) is -0.288. The van der Waals surface area contributed by atoms with Gasteiger partial charge in [0.05, 0.1) is 0 Å². The van der Waals surface area contributed by atoms with E-state index in [-0.39, 0.29) is 11.8 Å². The van der Waals surface area contributed by atoms with E-state index in [9.17, 15) is 9.18 Å². The molecule has 0 saturated carbocycles.